The molecule has 0 saturated heterocycles. The molecule has 0 heterocycles. The highest BCUT2D eigenvalue weighted by molar-refractivity contribution is 7.93. The predicted octanol–water partition coefficient (Wildman–Crippen LogP) is 7.89. The fourth-order valence-corrected chi connectivity index (χ4v) is 5.98. The monoisotopic (exact) mass is 406 g/mol. The lowest BCUT2D eigenvalue weighted by atomic mass is 9.93. The predicted molar refractivity (Wildman–Crippen MR) is 123 cm³/mol. The number of hydrogen-bond acceptors (Lipinski definition) is 2. The van der Waals surface area contributed by atoms with Gasteiger partial charge in [0.1, 0.15) is 0 Å². The number of benzene rings is 1. The zero-order valence-corrected chi connectivity index (χ0v) is 19.1. The number of rotatable bonds is 17. The first kappa shape index (κ1) is 24.9. The van der Waals surface area contributed by atoms with Gasteiger partial charge in [0, 0.05) is 0 Å². The number of unbranched alkanes of at least 4 members (excludes halogenated alkanes) is 10. The van der Waals surface area contributed by atoms with E-state index in [2.05, 4.69) is 20.4 Å². The first-order chi connectivity index (χ1) is 13.5. The van der Waals surface area contributed by atoms with E-state index in [1.165, 1.54) is 51.4 Å². The second-order valence-electron chi connectivity index (χ2n) is 8.12. The van der Waals surface area contributed by atoms with Gasteiger partial charge in [-0.15, -0.1) is 6.58 Å². The molecule has 0 aliphatic heterocycles. The van der Waals surface area contributed by atoms with E-state index in [9.17, 15) is 8.42 Å². The molecule has 0 spiro atoms. The zero-order chi connectivity index (χ0) is 20.7. The topological polar surface area (TPSA) is 34.1 Å². The molecule has 28 heavy (non-hydrogen) atoms. The van der Waals surface area contributed by atoms with Gasteiger partial charge in [-0.05, 0) is 25.0 Å². The molecule has 0 N–H and O–H groups in total. The Morgan fingerprint density at radius 2 is 1.18 bits per heavy atom. The molecule has 0 unspecified atom stereocenters. The highest BCUT2D eigenvalue weighted by Gasteiger charge is 2.40. The van der Waals surface area contributed by atoms with Crippen molar-refractivity contribution in [3.8, 4) is 0 Å². The number of hydrogen-bond donors (Lipinski definition) is 0. The molecule has 1 rings (SSSR count). The summed E-state index contributed by atoms with van der Waals surface area (Å²) in [6, 6.07) is 8.97. The van der Waals surface area contributed by atoms with Crippen LogP contribution in [0.5, 0.6) is 0 Å². The van der Waals surface area contributed by atoms with Crippen molar-refractivity contribution in [1.29, 1.82) is 0 Å². The molecule has 0 aliphatic rings. The average Bonchev–Trinajstić information content (AvgIpc) is 2.72. The van der Waals surface area contributed by atoms with E-state index in [4.69, 9.17) is 0 Å². The first-order valence-corrected chi connectivity index (χ1v) is 13.0. The van der Waals surface area contributed by atoms with Crippen molar-refractivity contribution >= 4 is 9.84 Å². The molecule has 0 bridgehead atoms. The highest BCUT2D eigenvalue weighted by Crippen LogP contribution is 2.37. The second-order valence-corrected chi connectivity index (χ2v) is 10.4. The van der Waals surface area contributed by atoms with Crippen LogP contribution in [0, 0.1) is 0 Å². The molecule has 0 atom stereocenters. The third-order valence-corrected chi connectivity index (χ3v) is 8.41. The summed E-state index contributed by atoms with van der Waals surface area (Å²) in [5.41, 5.74) is 0. The Morgan fingerprint density at radius 3 is 1.61 bits per heavy atom. The normalized spacial score (nSPS) is 12.2. The summed E-state index contributed by atoms with van der Waals surface area (Å²) in [6.07, 6.45) is 17.2. The SMILES string of the molecule is C=CC(CCCCCCCC)(CCCCCCCC)S(=O)(=O)c1ccccc1. The largest absolute Gasteiger partial charge is 0.223 e. The van der Waals surface area contributed by atoms with E-state index in [-0.39, 0.29) is 0 Å². The van der Waals surface area contributed by atoms with Gasteiger partial charge in [-0.1, -0.05) is 115 Å². The Labute approximate surface area is 174 Å². The molecule has 3 heteroatoms. The van der Waals surface area contributed by atoms with Crippen molar-refractivity contribution < 1.29 is 8.42 Å². The third kappa shape index (κ3) is 7.73. The van der Waals surface area contributed by atoms with Crippen molar-refractivity contribution in [2.24, 2.45) is 0 Å². The minimum atomic E-state index is -3.43. The Kier molecular flexibility index (Phi) is 12.5. The smallest absolute Gasteiger partial charge is 0.187 e. The quantitative estimate of drug-likeness (QED) is 0.195. The number of sulfone groups is 1. The van der Waals surface area contributed by atoms with Gasteiger partial charge < -0.3 is 0 Å². The van der Waals surface area contributed by atoms with Crippen molar-refractivity contribution in [2.75, 3.05) is 0 Å². The molecule has 0 amide bonds. The van der Waals surface area contributed by atoms with E-state index < -0.39 is 14.6 Å². The Hall–Kier alpha value is -1.09. The Bertz CT molecular complexity index is 603. The summed E-state index contributed by atoms with van der Waals surface area (Å²) in [5.74, 6) is 0. The van der Waals surface area contributed by atoms with Crippen molar-refractivity contribution in [3.05, 3.63) is 43.0 Å². The summed E-state index contributed by atoms with van der Waals surface area (Å²) in [7, 11) is -3.43. The summed E-state index contributed by atoms with van der Waals surface area (Å²) in [6.45, 7) is 8.44. The lowest BCUT2D eigenvalue weighted by Gasteiger charge is -2.31. The van der Waals surface area contributed by atoms with Gasteiger partial charge in [-0.2, -0.15) is 0 Å². The van der Waals surface area contributed by atoms with E-state index in [0.717, 1.165) is 25.7 Å². The maximum atomic E-state index is 13.5. The molecule has 0 aliphatic carbocycles. The molecule has 0 saturated carbocycles. The van der Waals surface area contributed by atoms with Crippen LogP contribution in [-0.4, -0.2) is 13.2 Å². The van der Waals surface area contributed by atoms with Gasteiger partial charge in [0.2, 0.25) is 0 Å². The van der Waals surface area contributed by atoms with Crippen molar-refractivity contribution in [1.82, 2.24) is 0 Å². The van der Waals surface area contributed by atoms with Crippen LogP contribution in [-0.2, 0) is 9.84 Å². The van der Waals surface area contributed by atoms with Crippen molar-refractivity contribution in [2.45, 2.75) is 113 Å². The van der Waals surface area contributed by atoms with Gasteiger partial charge in [-0.3, -0.25) is 0 Å². The van der Waals surface area contributed by atoms with Gasteiger partial charge in [0.05, 0.1) is 9.64 Å². The van der Waals surface area contributed by atoms with Gasteiger partial charge in [0.15, 0.2) is 9.84 Å². The van der Waals surface area contributed by atoms with Gasteiger partial charge in [-0.25, -0.2) is 8.42 Å². The van der Waals surface area contributed by atoms with Crippen molar-refractivity contribution in [3.63, 3.8) is 0 Å². The van der Waals surface area contributed by atoms with Crippen LogP contribution in [0.2, 0.25) is 0 Å². The molecular formula is C25H42O2S. The van der Waals surface area contributed by atoms with Crippen LogP contribution in [0.3, 0.4) is 0 Å². The summed E-state index contributed by atoms with van der Waals surface area (Å²) in [5, 5.41) is 0. The van der Waals surface area contributed by atoms with Crippen LogP contribution in [0.1, 0.15) is 104 Å². The van der Waals surface area contributed by atoms with E-state index in [0.29, 0.717) is 17.7 Å². The van der Waals surface area contributed by atoms with Gasteiger partial charge >= 0.3 is 0 Å². The maximum absolute atomic E-state index is 13.5. The molecule has 0 radical (unpaired) electrons. The van der Waals surface area contributed by atoms with Gasteiger partial charge in [0.25, 0.3) is 0 Å². The van der Waals surface area contributed by atoms with Crippen LogP contribution >= 0.6 is 0 Å². The van der Waals surface area contributed by atoms with E-state index in [1.807, 2.05) is 18.2 Å². The molecule has 1 aromatic carbocycles. The summed E-state index contributed by atoms with van der Waals surface area (Å²) < 4.78 is 26.3. The standard InChI is InChI=1S/C25H42O2S/c1-4-7-9-11-13-18-22-25(6-3,23-19-14-12-10-8-5-2)28(26,27)24-20-16-15-17-21-24/h6,15-17,20-21H,3-5,7-14,18-19,22-23H2,1-2H3. The molecule has 160 valence electrons. The first-order valence-electron chi connectivity index (χ1n) is 11.5. The lowest BCUT2D eigenvalue weighted by Crippen LogP contribution is -2.36. The minimum Gasteiger partial charge on any atom is -0.223 e. The van der Waals surface area contributed by atoms with Crippen LogP contribution in [0.15, 0.2) is 47.9 Å². The minimum absolute atomic E-state index is 0.437. The van der Waals surface area contributed by atoms with Crippen LogP contribution in [0.25, 0.3) is 0 Å². The fraction of sp³-hybridized carbons (Fsp3) is 0.680. The van der Waals surface area contributed by atoms with E-state index in [1.54, 1.807) is 18.2 Å². The fourth-order valence-electron chi connectivity index (χ4n) is 3.95. The lowest BCUT2D eigenvalue weighted by molar-refractivity contribution is 0.462. The Balaban J connectivity index is 2.83. The zero-order valence-electron chi connectivity index (χ0n) is 18.3. The van der Waals surface area contributed by atoms with E-state index >= 15 is 0 Å². The molecule has 1 aromatic rings. The van der Waals surface area contributed by atoms with Crippen LogP contribution < -0.4 is 0 Å². The molecular weight excluding hydrogens is 364 g/mol. The average molecular weight is 407 g/mol. The highest BCUT2D eigenvalue weighted by atomic mass is 32.2. The summed E-state index contributed by atoms with van der Waals surface area (Å²) >= 11 is 0. The molecule has 0 fully saturated rings. The second kappa shape index (κ2) is 14.0. The Morgan fingerprint density at radius 1 is 0.750 bits per heavy atom. The summed E-state index contributed by atoms with van der Waals surface area (Å²) in [4.78, 5) is 0.437. The molecule has 2 nitrogen and oxygen atoms in total. The molecule has 0 aromatic heterocycles. The van der Waals surface area contributed by atoms with Crippen LogP contribution in [0.4, 0.5) is 0 Å². The third-order valence-electron chi connectivity index (χ3n) is 5.87. The maximum Gasteiger partial charge on any atom is 0.187 e.